The summed E-state index contributed by atoms with van der Waals surface area (Å²) in [5, 5.41) is 0. The average molecular weight is 148 g/mol. The Morgan fingerprint density at radius 3 is 1.50 bits per heavy atom. The predicted octanol–water partition coefficient (Wildman–Crippen LogP) is 0.751. The lowest BCUT2D eigenvalue weighted by Crippen LogP contribution is -1.73. The standard InChI is InChI=1S/C4H10.C2H10Si2/c1-3-4-2;1-4-2-3/h3-4H2,1-2H3;2,4H2,1,3H3. The largest absolute Gasteiger partial charge is 0.0751 e. The van der Waals surface area contributed by atoms with E-state index in [4.69, 9.17) is 0 Å². The summed E-state index contributed by atoms with van der Waals surface area (Å²) < 4.78 is 0. The lowest BCUT2D eigenvalue weighted by Gasteiger charge is -1.68. The van der Waals surface area contributed by atoms with Gasteiger partial charge in [0.15, 0.2) is 0 Å². The van der Waals surface area contributed by atoms with Crippen LogP contribution in [0, 0.1) is 0 Å². The number of hydrogen-bond acceptors (Lipinski definition) is 0. The van der Waals surface area contributed by atoms with Crippen LogP contribution in [0.1, 0.15) is 26.7 Å². The molecule has 0 saturated heterocycles. The van der Waals surface area contributed by atoms with Crippen molar-refractivity contribution in [1.29, 1.82) is 0 Å². The fourth-order valence-corrected chi connectivity index (χ4v) is 0. The van der Waals surface area contributed by atoms with E-state index >= 15 is 0 Å². The predicted molar refractivity (Wildman–Crippen MR) is 49.7 cm³/mol. The second-order valence-corrected chi connectivity index (χ2v) is 7.00. The highest BCUT2D eigenvalue weighted by molar-refractivity contribution is 6.45. The first kappa shape index (κ1) is 11.3. The molecule has 0 unspecified atom stereocenters. The Kier molecular flexibility index (Phi) is 22.0. The van der Waals surface area contributed by atoms with Crippen LogP contribution in [0.2, 0.25) is 12.2 Å². The Balaban J connectivity index is 0. The van der Waals surface area contributed by atoms with Gasteiger partial charge in [0.05, 0.1) is 0 Å². The van der Waals surface area contributed by atoms with Crippen LogP contribution in [0.5, 0.6) is 0 Å². The molecule has 2 heteroatoms. The summed E-state index contributed by atoms with van der Waals surface area (Å²) in [7, 11) is 1.94. The van der Waals surface area contributed by atoms with Crippen LogP contribution in [0.3, 0.4) is 0 Å². The fraction of sp³-hybridized carbons (Fsp3) is 1.00. The minimum atomic E-state index is 0.486. The molecule has 0 aliphatic rings. The van der Waals surface area contributed by atoms with E-state index in [1.54, 1.807) is 5.67 Å². The topological polar surface area (TPSA) is 0 Å². The van der Waals surface area contributed by atoms with Crippen molar-refractivity contribution < 1.29 is 0 Å². The molecule has 0 nitrogen and oxygen atoms in total. The van der Waals surface area contributed by atoms with Gasteiger partial charge in [0.1, 0.15) is 0 Å². The molecule has 0 aliphatic heterocycles. The Morgan fingerprint density at radius 1 is 1.25 bits per heavy atom. The number of hydrogen-bond donors (Lipinski definition) is 0. The van der Waals surface area contributed by atoms with Crippen molar-refractivity contribution in [2.45, 2.75) is 38.9 Å². The van der Waals surface area contributed by atoms with Crippen molar-refractivity contribution in [3.05, 3.63) is 0 Å². The van der Waals surface area contributed by atoms with Crippen molar-refractivity contribution >= 4 is 19.8 Å². The quantitative estimate of drug-likeness (QED) is 0.507. The lowest BCUT2D eigenvalue weighted by molar-refractivity contribution is 0.886. The van der Waals surface area contributed by atoms with Crippen molar-refractivity contribution in [3.63, 3.8) is 0 Å². The third kappa shape index (κ3) is 32.1. The number of rotatable bonds is 2. The molecule has 0 N–H and O–H groups in total. The Hall–Kier alpha value is 0.434. The molecule has 8 heavy (non-hydrogen) atoms. The van der Waals surface area contributed by atoms with E-state index < -0.39 is 0 Å². The molecule has 52 valence electrons. The van der Waals surface area contributed by atoms with Crippen molar-refractivity contribution in [3.8, 4) is 0 Å². The summed E-state index contributed by atoms with van der Waals surface area (Å²) in [6.07, 6.45) is 2.64. The highest BCUT2D eigenvalue weighted by Crippen LogP contribution is 1.76. The van der Waals surface area contributed by atoms with Gasteiger partial charge in [-0.1, -0.05) is 38.9 Å². The van der Waals surface area contributed by atoms with Gasteiger partial charge in [-0.05, 0) is 10.2 Å². The second kappa shape index (κ2) is 15.7. The summed E-state index contributed by atoms with van der Waals surface area (Å²) in [4.78, 5) is 0. The van der Waals surface area contributed by atoms with Crippen molar-refractivity contribution in [1.82, 2.24) is 0 Å². The molecule has 0 bridgehead atoms. The van der Waals surface area contributed by atoms with Crippen molar-refractivity contribution in [2.75, 3.05) is 0 Å². The molecule has 0 aromatic heterocycles. The minimum absolute atomic E-state index is 0.486. The molecule has 0 fully saturated rings. The normalized spacial score (nSPS) is 9.38. The van der Waals surface area contributed by atoms with E-state index in [0.29, 0.717) is 9.52 Å². The van der Waals surface area contributed by atoms with Crippen LogP contribution in [0.15, 0.2) is 0 Å². The minimum Gasteiger partial charge on any atom is -0.0751 e. The van der Waals surface area contributed by atoms with E-state index in [-0.39, 0.29) is 0 Å². The van der Waals surface area contributed by atoms with Crippen LogP contribution in [-0.4, -0.2) is 19.8 Å². The summed E-state index contributed by atoms with van der Waals surface area (Å²) in [5.41, 5.74) is 1.60. The van der Waals surface area contributed by atoms with Gasteiger partial charge in [0.2, 0.25) is 0 Å². The zero-order valence-electron chi connectivity index (χ0n) is 6.83. The zero-order valence-corrected chi connectivity index (χ0v) is 10.2. The maximum atomic E-state index is 2.35. The summed E-state index contributed by atoms with van der Waals surface area (Å²) in [6.45, 7) is 6.72. The Morgan fingerprint density at radius 2 is 1.50 bits per heavy atom. The molecule has 0 rings (SSSR count). The molecule has 0 atom stereocenters. The summed E-state index contributed by atoms with van der Waals surface area (Å²) in [5.74, 6) is 0. The molecule has 0 amide bonds. The first-order chi connectivity index (χ1) is 3.83. The van der Waals surface area contributed by atoms with E-state index in [1.165, 1.54) is 23.1 Å². The molecule has 0 spiro atoms. The Labute approximate surface area is 59.3 Å². The van der Waals surface area contributed by atoms with Crippen LogP contribution in [0.25, 0.3) is 0 Å². The van der Waals surface area contributed by atoms with Gasteiger partial charge in [-0.3, -0.25) is 0 Å². The van der Waals surface area contributed by atoms with Gasteiger partial charge in [-0.2, -0.15) is 0 Å². The monoisotopic (exact) mass is 148 g/mol. The smallest absolute Gasteiger partial charge is 0.0132 e. The first-order valence-corrected chi connectivity index (χ1v) is 7.66. The maximum absolute atomic E-state index is 2.35. The summed E-state index contributed by atoms with van der Waals surface area (Å²) in [6, 6.07) is 0. The van der Waals surface area contributed by atoms with E-state index in [2.05, 4.69) is 20.4 Å². The van der Waals surface area contributed by atoms with Gasteiger partial charge < -0.3 is 0 Å². The SMILES string of the molecule is CCCC.C[SiH2]C[SiH3]. The third-order valence-electron chi connectivity index (χ3n) is 1.000. The molecule has 0 radical (unpaired) electrons. The van der Waals surface area contributed by atoms with E-state index in [0.717, 1.165) is 0 Å². The molecular formula is C6H20Si2. The molecule has 0 aromatic rings. The van der Waals surface area contributed by atoms with Gasteiger partial charge in [-0.25, -0.2) is 0 Å². The number of unbranched alkanes of at least 4 members (excludes halogenated alkanes) is 1. The van der Waals surface area contributed by atoms with Crippen LogP contribution < -0.4 is 0 Å². The van der Waals surface area contributed by atoms with Gasteiger partial charge in [0.25, 0.3) is 0 Å². The van der Waals surface area contributed by atoms with E-state index in [9.17, 15) is 0 Å². The van der Waals surface area contributed by atoms with Gasteiger partial charge >= 0.3 is 0 Å². The zero-order chi connectivity index (χ0) is 6.83. The third-order valence-corrected chi connectivity index (χ3v) is 5.00. The van der Waals surface area contributed by atoms with E-state index in [1.807, 2.05) is 0 Å². The fourth-order valence-electron chi connectivity index (χ4n) is 0. The van der Waals surface area contributed by atoms with Crippen LogP contribution in [-0.2, 0) is 0 Å². The lowest BCUT2D eigenvalue weighted by atomic mass is 10.4. The highest BCUT2D eigenvalue weighted by atomic mass is 28.2. The molecule has 0 aliphatic carbocycles. The first-order valence-electron chi connectivity index (χ1n) is 3.83. The average Bonchev–Trinajstić information content (AvgIpc) is 1.88. The van der Waals surface area contributed by atoms with Gasteiger partial charge in [-0.15, -0.1) is 0 Å². The summed E-state index contributed by atoms with van der Waals surface area (Å²) >= 11 is 0. The van der Waals surface area contributed by atoms with Crippen LogP contribution >= 0.6 is 0 Å². The molecule has 0 heterocycles. The van der Waals surface area contributed by atoms with Crippen molar-refractivity contribution in [2.24, 2.45) is 0 Å². The highest BCUT2D eigenvalue weighted by Gasteiger charge is 1.59. The Bertz CT molecular complexity index is 14.5. The molecular weight excluding hydrogens is 128 g/mol. The molecule has 0 aromatic carbocycles. The maximum Gasteiger partial charge on any atom is 0.0132 e. The second-order valence-electron chi connectivity index (χ2n) is 2.00. The van der Waals surface area contributed by atoms with Crippen LogP contribution in [0.4, 0.5) is 0 Å². The molecule has 0 saturated carbocycles. The van der Waals surface area contributed by atoms with Gasteiger partial charge in [0, 0.05) is 9.52 Å².